The fraction of sp³-hybridized carbons (Fsp3) is 0.273. The van der Waals surface area contributed by atoms with E-state index in [1.165, 1.54) is 17.7 Å². The molecule has 0 saturated carbocycles. The fourth-order valence-electron chi connectivity index (χ4n) is 4.18. The van der Waals surface area contributed by atoms with Crippen LogP contribution in [0.3, 0.4) is 0 Å². The monoisotopic (exact) mass is 518 g/mol. The molecule has 3 aromatic rings. The number of rotatable bonds is 4. The first kappa shape index (κ1) is 22.3. The maximum Gasteiger partial charge on any atom is 0.296 e. The first-order chi connectivity index (χ1) is 15.0. The lowest BCUT2D eigenvalue weighted by atomic mass is 10.1. The number of benzene rings is 2. The van der Waals surface area contributed by atoms with Gasteiger partial charge in [-0.25, -0.2) is 13.1 Å². The van der Waals surface area contributed by atoms with E-state index in [9.17, 15) is 18.0 Å². The highest BCUT2D eigenvalue weighted by Crippen LogP contribution is 2.38. The number of sulfonamides is 1. The molecule has 10 heteroatoms. The van der Waals surface area contributed by atoms with Gasteiger partial charge >= 0.3 is 0 Å². The zero-order valence-corrected chi connectivity index (χ0v) is 20.5. The molecule has 0 radical (unpaired) electrons. The average molecular weight is 519 g/mol. The molecule has 2 aromatic carbocycles. The predicted molar refractivity (Wildman–Crippen MR) is 127 cm³/mol. The molecule has 0 aliphatic carbocycles. The Balaban J connectivity index is 1.79. The summed E-state index contributed by atoms with van der Waals surface area (Å²) in [6, 6.07) is 12.1. The molecule has 1 N–H and O–H groups in total. The van der Waals surface area contributed by atoms with Crippen molar-refractivity contribution in [3.8, 4) is 5.69 Å². The number of nitrogens with one attached hydrogen (secondary N) is 1. The third-order valence-electron chi connectivity index (χ3n) is 5.77. The Labute approximate surface area is 194 Å². The van der Waals surface area contributed by atoms with Crippen molar-refractivity contribution >= 4 is 43.2 Å². The third kappa shape index (κ3) is 3.57. The first-order valence-corrected chi connectivity index (χ1v) is 12.3. The molecule has 1 atom stereocenters. The molecule has 2 heterocycles. The van der Waals surface area contributed by atoms with Crippen molar-refractivity contribution in [1.29, 1.82) is 0 Å². The number of fused-ring (bicyclic) bond motifs is 1. The number of carbonyl (C=O) groups is 1. The molecule has 8 nitrogen and oxygen atoms in total. The molecule has 0 saturated heterocycles. The second-order valence-electron chi connectivity index (χ2n) is 7.90. The second kappa shape index (κ2) is 7.93. The molecule has 168 valence electrons. The van der Waals surface area contributed by atoms with Gasteiger partial charge in [0.25, 0.3) is 15.6 Å². The van der Waals surface area contributed by atoms with Crippen LogP contribution >= 0.6 is 15.9 Å². The summed E-state index contributed by atoms with van der Waals surface area (Å²) in [7, 11) is -2.43. The minimum Gasteiger partial charge on any atom is -0.309 e. The van der Waals surface area contributed by atoms with Gasteiger partial charge in [-0.05, 0) is 66.0 Å². The Morgan fingerprint density at radius 2 is 1.84 bits per heavy atom. The maximum atomic E-state index is 13.3. The zero-order chi connectivity index (χ0) is 23.4. The summed E-state index contributed by atoms with van der Waals surface area (Å²) in [4.78, 5) is 26.8. The van der Waals surface area contributed by atoms with Crippen molar-refractivity contribution in [2.45, 2.75) is 38.1 Å². The highest BCUT2D eigenvalue weighted by atomic mass is 79.9. The van der Waals surface area contributed by atoms with E-state index in [-0.39, 0.29) is 22.5 Å². The minimum atomic E-state index is -4.12. The number of nitrogens with zero attached hydrogens (tertiary/aromatic N) is 3. The number of para-hydroxylation sites is 1. The van der Waals surface area contributed by atoms with Gasteiger partial charge in [-0.2, -0.15) is 0 Å². The first-order valence-electron chi connectivity index (χ1n) is 10.0. The number of aromatic nitrogens is 2. The minimum absolute atomic E-state index is 0.0273. The van der Waals surface area contributed by atoms with E-state index in [1.54, 1.807) is 53.9 Å². The van der Waals surface area contributed by atoms with Gasteiger partial charge in [0.05, 0.1) is 11.4 Å². The van der Waals surface area contributed by atoms with Crippen molar-refractivity contribution in [2.75, 3.05) is 9.62 Å². The summed E-state index contributed by atoms with van der Waals surface area (Å²) in [5.74, 6) is -0.153. The molecular formula is C22H23BrN4O4S. The Morgan fingerprint density at radius 3 is 2.47 bits per heavy atom. The van der Waals surface area contributed by atoms with Gasteiger partial charge in [0.1, 0.15) is 10.6 Å². The highest BCUT2D eigenvalue weighted by molar-refractivity contribution is 9.10. The van der Waals surface area contributed by atoms with Gasteiger partial charge in [-0.3, -0.25) is 19.0 Å². The van der Waals surface area contributed by atoms with E-state index < -0.39 is 15.6 Å². The summed E-state index contributed by atoms with van der Waals surface area (Å²) in [6.45, 7) is 5.05. The molecule has 4 rings (SSSR count). The van der Waals surface area contributed by atoms with Crippen LogP contribution in [0.1, 0.15) is 25.1 Å². The Bertz CT molecular complexity index is 1390. The molecule has 0 fully saturated rings. The summed E-state index contributed by atoms with van der Waals surface area (Å²) >= 11 is 3.36. The van der Waals surface area contributed by atoms with Gasteiger partial charge in [0.15, 0.2) is 0 Å². The zero-order valence-electron chi connectivity index (χ0n) is 18.1. The molecule has 0 unspecified atom stereocenters. The molecular weight excluding hydrogens is 496 g/mol. The quantitative estimate of drug-likeness (QED) is 0.572. The summed E-state index contributed by atoms with van der Waals surface area (Å²) < 4.78 is 32.5. The fourth-order valence-corrected chi connectivity index (χ4v) is 6.41. The van der Waals surface area contributed by atoms with E-state index in [4.69, 9.17) is 0 Å². The molecule has 1 aliphatic rings. The maximum absolute atomic E-state index is 13.3. The molecule has 32 heavy (non-hydrogen) atoms. The van der Waals surface area contributed by atoms with Crippen LogP contribution in [0, 0.1) is 6.92 Å². The van der Waals surface area contributed by atoms with Crippen LogP contribution in [0.25, 0.3) is 5.69 Å². The Kier molecular flexibility index (Phi) is 5.54. The van der Waals surface area contributed by atoms with E-state index in [1.807, 2.05) is 13.0 Å². The topological polar surface area (TPSA) is 93.4 Å². The number of carbonyl (C=O) groups excluding carboxylic acids is 1. The van der Waals surface area contributed by atoms with E-state index in [2.05, 4.69) is 20.7 Å². The predicted octanol–water partition coefficient (Wildman–Crippen LogP) is 3.35. The van der Waals surface area contributed by atoms with Gasteiger partial charge in [0.2, 0.25) is 5.91 Å². The van der Waals surface area contributed by atoms with Crippen LogP contribution in [0.15, 0.2) is 56.6 Å². The van der Waals surface area contributed by atoms with E-state index in [0.717, 1.165) is 5.56 Å². The normalized spacial score (nSPS) is 15.7. The average Bonchev–Trinajstić information content (AvgIpc) is 3.15. The van der Waals surface area contributed by atoms with Gasteiger partial charge in [-0.1, -0.05) is 18.2 Å². The Morgan fingerprint density at radius 1 is 1.19 bits per heavy atom. The number of anilines is 2. The standard InChI is InChI=1S/C22H23BrN4O4S/c1-13-10-16-11-18(23)20(12-19(16)26(13)15(3)28)32(30,31)24-21-14(2)25(4)27(22(21)29)17-8-6-5-7-9-17/h5-9,11-13,24H,10H2,1-4H3/t13-/m1/s1. The van der Waals surface area contributed by atoms with Crippen molar-refractivity contribution < 1.29 is 13.2 Å². The molecule has 0 bridgehead atoms. The lowest BCUT2D eigenvalue weighted by Gasteiger charge is -2.21. The molecule has 1 amide bonds. The van der Waals surface area contributed by atoms with Crippen LogP contribution < -0.4 is 15.2 Å². The largest absolute Gasteiger partial charge is 0.309 e. The van der Waals surface area contributed by atoms with Gasteiger partial charge in [0, 0.05) is 30.2 Å². The summed E-state index contributed by atoms with van der Waals surface area (Å²) in [5.41, 5.74) is 2.05. The van der Waals surface area contributed by atoms with Crippen molar-refractivity contribution in [3.05, 3.63) is 68.5 Å². The van der Waals surface area contributed by atoms with Crippen LogP contribution in [0.5, 0.6) is 0 Å². The van der Waals surface area contributed by atoms with E-state index >= 15 is 0 Å². The van der Waals surface area contributed by atoms with Gasteiger partial charge in [-0.15, -0.1) is 0 Å². The Hall–Kier alpha value is -2.85. The van der Waals surface area contributed by atoms with Crippen molar-refractivity contribution in [1.82, 2.24) is 9.36 Å². The van der Waals surface area contributed by atoms with Crippen molar-refractivity contribution in [2.24, 2.45) is 7.05 Å². The van der Waals surface area contributed by atoms with Crippen LogP contribution in [0.4, 0.5) is 11.4 Å². The molecule has 0 spiro atoms. The summed E-state index contributed by atoms with van der Waals surface area (Å²) in [6.07, 6.45) is 0.640. The van der Waals surface area contributed by atoms with Crippen LogP contribution in [0.2, 0.25) is 0 Å². The van der Waals surface area contributed by atoms with Crippen molar-refractivity contribution in [3.63, 3.8) is 0 Å². The lowest BCUT2D eigenvalue weighted by molar-refractivity contribution is -0.116. The number of amides is 1. The highest BCUT2D eigenvalue weighted by Gasteiger charge is 2.32. The molecule has 1 aliphatic heterocycles. The SMILES string of the molecule is CC(=O)N1c2cc(S(=O)(=O)Nc3c(C)n(C)n(-c4ccccc4)c3=O)c(Br)cc2C[C@H]1C. The van der Waals surface area contributed by atoms with Gasteiger partial charge < -0.3 is 4.90 Å². The van der Waals surface area contributed by atoms with Crippen LogP contribution in [-0.4, -0.2) is 29.7 Å². The smallest absolute Gasteiger partial charge is 0.296 e. The second-order valence-corrected chi connectivity index (χ2v) is 10.4. The number of hydrogen-bond donors (Lipinski definition) is 1. The number of halogens is 1. The number of hydrogen-bond acceptors (Lipinski definition) is 4. The third-order valence-corrected chi connectivity index (χ3v) is 8.08. The van der Waals surface area contributed by atoms with Crippen LogP contribution in [-0.2, 0) is 28.3 Å². The van der Waals surface area contributed by atoms with E-state index in [0.29, 0.717) is 28.0 Å². The lowest BCUT2D eigenvalue weighted by Crippen LogP contribution is -2.33. The summed E-state index contributed by atoms with van der Waals surface area (Å²) in [5, 5.41) is 0. The molecule has 1 aromatic heterocycles.